The molecule has 0 atom stereocenters. The van der Waals surface area contributed by atoms with Crippen LogP contribution < -0.4 is 0 Å². The van der Waals surface area contributed by atoms with Crippen LogP contribution in [0.1, 0.15) is 23.2 Å². The standard InChI is InChI=1S/C13H15ClFNO2/c1-16(7-8-5-9(14)6-8)13(18)12-10(15)3-2-4-11(12)17/h2-4,8-9,17H,5-7H2,1H3. The molecule has 0 bridgehead atoms. The molecule has 0 aliphatic heterocycles. The van der Waals surface area contributed by atoms with Gasteiger partial charge < -0.3 is 10.0 Å². The number of carbonyl (C=O) groups is 1. The normalized spacial score (nSPS) is 22.4. The highest BCUT2D eigenvalue weighted by Crippen LogP contribution is 2.32. The maximum Gasteiger partial charge on any atom is 0.260 e. The van der Waals surface area contributed by atoms with Crippen molar-refractivity contribution in [2.24, 2.45) is 5.92 Å². The van der Waals surface area contributed by atoms with E-state index in [1.807, 2.05) is 0 Å². The fraction of sp³-hybridized carbons (Fsp3) is 0.462. The zero-order valence-electron chi connectivity index (χ0n) is 10.1. The number of phenolic OH excluding ortho intramolecular Hbond substituents is 1. The molecular weight excluding hydrogens is 257 g/mol. The molecule has 3 nitrogen and oxygen atoms in total. The van der Waals surface area contributed by atoms with Crippen LogP contribution in [0, 0.1) is 11.7 Å². The molecule has 0 heterocycles. The molecule has 0 spiro atoms. The second-order valence-corrected chi connectivity index (χ2v) is 5.37. The average Bonchev–Trinajstić information content (AvgIpc) is 2.26. The van der Waals surface area contributed by atoms with E-state index in [4.69, 9.17) is 11.6 Å². The van der Waals surface area contributed by atoms with Crippen molar-refractivity contribution in [3.05, 3.63) is 29.6 Å². The Morgan fingerprint density at radius 1 is 1.56 bits per heavy atom. The van der Waals surface area contributed by atoms with E-state index in [-0.39, 0.29) is 16.7 Å². The van der Waals surface area contributed by atoms with Crippen LogP contribution in [0.3, 0.4) is 0 Å². The molecule has 2 rings (SSSR count). The number of hydrogen-bond donors (Lipinski definition) is 1. The maximum atomic E-state index is 13.5. The summed E-state index contributed by atoms with van der Waals surface area (Å²) in [6, 6.07) is 3.84. The molecule has 5 heteroatoms. The molecule has 0 unspecified atom stereocenters. The third-order valence-electron chi connectivity index (χ3n) is 3.26. The van der Waals surface area contributed by atoms with Crippen LogP contribution >= 0.6 is 11.6 Å². The van der Waals surface area contributed by atoms with E-state index in [9.17, 15) is 14.3 Å². The summed E-state index contributed by atoms with van der Waals surface area (Å²) in [6.45, 7) is 0.538. The molecule has 1 aromatic carbocycles. The topological polar surface area (TPSA) is 40.5 Å². The van der Waals surface area contributed by atoms with Crippen LogP contribution in [-0.2, 0) is 0 Å². The Morgan fingerprint density at radius 3 is 2.78 bits per heavy atom. The summed E-state index contributed by atoms with van der Waals surface area (Å²) in [4.78, 5) is 13.5. The fourth-order valence-electron chi connectivity index (χ4n) is 2.19. The Morgan fingerprint density at radius 2 is 2.22 bits per heavy atom. The van der Waals surface area contributed by atoms with Crippen LogP contribution in [0.4, 0.5) is 4.39 Å². The molecule has 1 N–H and O–H groups in total. The predicted molar refractivity (Wildman–Crippen MR) is 67.4 cm³/mol. The van der Waals surface area contributed by atoms with Crippen LogP contribution in [-0.4, -0.2) is 34.9 Å². The average molecular weight is 272 g/mol. The van der Waals surface area contributed by atoms with Crippen LogP contribution in [0.5, 0.6) is 5.75 Å². The maximum absolute atomic E-state index is 13.5. The summed E-state index contributed by atoms with van der Waals surface area (Å²) < 4.78 is 13.5. The third-order valence-corrected chi connectivity index (χ3v) is 3.62. The van der Waals surface area contributed by atoms with Gasteiger partial charge in [0.1, 0.15) is 17.1 Å². The van der Waals surface area contributed by atoms with E-state index in [0.29, 0.717) is 12.5 Å². The Hall–Kier alpha value is -1.29. The lowest BCUT2D eigenvalue weighted by molar-refractivity contribution is 0.0739. The number of aromatic hydroxyl groups is 1. The van der Waals surface area contributed by atoms with Crippen LogP contribution in [0.15, 0.2) is 18.2 Å². The van der Waals surface area contributed by atoms with E-state index < -0.39 is 11.7 Å². The summed E-state index contributed by atoms with van der Waals surface area (Å²) in [7, 11) is 1.61. The van der Waals surface area contributed by atoms with E-state index >= 15 is 0 Å². The molecule has 1 aliphatic rings. The highest BCUT2D eigenvalue weighted by atomic mass is 35.5. The van der Waals surface area contributed by atoms with Crippen LogP contribution in [0.25, 0.3) is 0 Å². The highest BCUT2D eigenvalue weighted by molar-refractivity contribution is 6.21. The first-order valence-electron chi connectivity index (χ1n) is 5.86. The van der Waals surface area contributed by atoms with Crippen molar-refractivity contribution in [3.63, 3.8) is 0 Å². The quantitative estimate of drug-likeness (QED) is 0.859. The van der Waals surface area contributed by atoms with Gasteiger partial charge in [0.15, 0.2) is 0 Å². The zero-order chi connectivity index (χ0) is 13.3. The third kappa shape index (κ3) is 2.58. The first-order chi connectivity index (χ1) is 8.49. The molecular formula is C13H15ClFNO2. The lowest BCUT2D eigenvalue weighted by atomic mass is 9.84. The smallest absolute Gasteiger partial charge is 0.260 e. The van der Waals surface area contributed by atoms with E-state index in [1.165, 1.54) is 23.1 Å². The Bertz CT molecular complexity index is 440. The van der Waals surface area contributed by atoms with Gasteiger partial charge >= 0.3 is 0 Å². The number of carbonyl (C=O) groups excluding carboxylic acids is 1. The van der Waals surface area contributed by atoms with Crippen molar-refractivity contribution in [2.45, 2.75) is 18.2 Å². The Balaban J connectivity index is 2.06. The van der Waals surface area contributed by atoms with Crippen LogP contribution in [0.2, 0.25) is 0 Å². The summed E-state index contributed by atoms with van der Waals surface area (Å²) in [5.74, 6) is -1.15. The molecule has 1 aromatic rings. The number of rotatable bonds is 3. The number of benzene rings is 1. The summed E-state index contributed by atoms with van der Waals surface area (Å²) in [5.41, 5.74) is -0.262. The van der Waals surface area contributed by atoms with Gasteiger partial charge in [-0.2, -0.15) is 0 Å². The van der Waals surface area contributed by atoms with Gasteiger partial charge in [-0.05, 0) is 30.9 Å². The first-order valence-corrected chi connectivity index (χ1v) is 6.29. The van der Waals surface area contributed by atoms with Crippen molar-refractivity contribution >= 4 is 17.5 Å². The number of amides is 1. The molecule has 0 saturated heterocycles. The highest BCUT2D eigenvalue weighted by Gasteiger charge is 2.30. The van der Waals surface area contributed by atoms with Crippen molar-refractivity contribution in [2.75, 3.05) is 13.6 Å². The second kappa shape index (κ2) is 5.14. The zero-order valence-corrected chi connectivity index (χ0v) is 10.8. The minimum absolute atomic E-state index is 0.195. The number of nitrogens with zero attached hydrogens (tertiary/aromatic N) is 1. The summed E-state index contributed by atoms with van der Waals surface area (Å²) in [6.07, 6.45) is 1.75. The molecule has 1 amide bonds. The lowest BCUT2D eigenvalue weighted by Gasteiger charge is -2.34. The number of halogens is 2. The summed E-state index contributed by atoms with van der Waals surface area (Å²) >= 11 is 5.87. The van der Waals surface area contributed by atoms with Crippen molar-refractivity contribution in [3.8, 4) is 5.75 Å². The Kier molecular flexibility index (Phi) is 3.76. The van der Waals surface area contributed by atoms with Gasteiger partial charge in [0.2, 0.25) is 0 Å². The van der Waals surface area contributed by atoms with Crippen molar-refractivity contribution in [1.29, 1.82) is 0 Å². The number of phenols is 1. The van der Waals surface area contributed by atoms with Gasteiger partial charge in [0.25, 0.3) is 5.91 Å². The number of hydrogen-bond acceptors (Lipinski definition) is 2. The lowest BCUT2D eigenvalue weighted by Crippen LogP contribution is -2.38. The monoisotopic (exact) mass is 271 g/mol. The summed E-state index contributed by atoms with van der Waals surface area (Å²) in [5, 5.41) is 9.74. The molecule has 1 saturated carbocycles. The molecule has 0 radical (unpaired) electrons. The molecule has 0 aromatic heterocycles. The van der Waals surface area contributed by atoms with E-state index in [1.54, 1.807) is 7.05 Å². The van der Waals surface area contributed by atoms with Gasteiger partial charge in [0.05, 0.1) is 0 Å². The van der Waals surface area contributed by atoms with Gasteiger partial charge in [-0.15, -0.1) is 11.6 Å². The van der Waals surface area contributed by atoms with Gasteiger partial charge in [-0.25, -0.2) is 4.39 Å². The molecule has 1 fully saturated rings. The first kappa shape index (κ1) is 13.1. The SMILES string of the molecule is CN(CC1CC(Cl)C1)C(=O)c1c(O)cccc1F. The Labute approximate surface area is 110 Å². The van der Waals surface area contributed by atoms with Gasteiger partial charge in [-0.3, -0.25) is 4.79 Å². The molecule has 18 heavy (non-hydrogen) atoms. The van der Waals surface area contributed by atoms with E-state index in [0.717, 1.165) is 12.8 Å². The molecule has 1 aliphatic carbocycles. The van der Waals surface area contributed by atoms with E-state index in [2.05, 4.69) is 0 Å². The molecule has 98 valence electrons. The van der Waals surface area contributed by atoms with Crippen molar-refractivity contribution < 1.29 is 14.3 Å². The van der Waals surface area contributed by atoms with Crippen molar-refractivity contribution in [1.82, 2.24) is 4.90 Å². The second-order valence-electron chi connectivity index (χ2n) is 4.75. The fourth-order valence-corrected chi connectivity index (χ4v) is 2.69. The number of alkyl halides is 1. The largest absolute Gasteiger partial charge is 0.507 e. The van der Waals surface area contributed by atoms with Gasteiger partial charge in [0, 0.05) is 19.0 Å². The minimum Gasteiger partial charge on any atom is -0.507 e. The predicted octanol–water partition coefficient (Wildman–Crippen LogP) is 2.62. The van der Waals surface area contributed by atoms with Gasteiger partial charge in [-0.1, -0.05) is 6.07 Å². The minimum atomic E-state index is -0.698.